The lowest BCUT2D eigenvalue weighted by Crippen LogP contribution is -2.12. The maximum Gasteiger partial charge on any atom is 0.291 e. The highest BCUT2D eigenvalue weighted by atomic mass is 35.5. The Balaban J connectivity index is 1.83. The third-order valence-electron chi connectivity index (χ3n) is 3.54. The molecule has 1 aromatic heterocycles. The Morgan fingerprint density at radius 1 is 1.17 bits per heavy atom. The van der Waals surface area contributed by atoms with Crippen molar-refractivity contribution in [1.29, 1.82) is 0 Å². The molecule has 0 radical (unpaired) electrons. The number of nitrogens with two attached hydrogens (primary N) is 1. The zero-order valence-corrected chi connectivity index (χ0v) is 13.5. The number of hydrogen-bond donors (Lipinski definition) is 2. The summed E-state index contributed by atoms with van der Waals surface area (Å²) in [6.45, 7) is 1.86. The molecule has 0 aliphatic heterocycles. The van der Waals surface area contributed by atoms with Crippen molar-refractivity contribution in [3.63, 3.8) is 0 Å². The van der Waals surface area contributed by atoms with Gasteiger partial charge in [0.15, 0.2) is 5.76 Å². The van der Waals surface area contributed by atoms with Gasteiger partial charge in [0.2, 0.25) is 0 Å². The zero-order valence-electron chi connectivity index (χ0n) is 12.8. The van der Waals surface area contributed by atoms with Gasteiger partial charge in [-0.25, -0.2) is 4.39 Å². The van der Waals surface area contributed by atoms with E-state index in [4.69, 9.17) is 21.8 Å². The fraction of sp³-hybridized carbons (Fsp3) is 0.0556. The van der Waals surface area contributed by atoms with Crippen LogP contribution in [0.5, 0.6) is 0 Å². The minimum atomic E-state index is -0.512. The number of hydrogen-bond acceptors (Lipinski definition) is 3. The number of carbonyl (C=O) groups excluding carboxylic acids is 1. The van der Waals surface area contributed by atoms with Crippen LogP contribution in [0, 0.1) is 12.7 Å². The van der Waals surface area contributed by atoms with E-state index < -0.39 is 11.7 Å². The van der Waals surface area contributed by atoms with Crippen molar-refractivity contribution in [2.45, 2.75) is 6.92 Å². The molecule has 0 fully saturated rings. The van der Waals surface area contributed by atoms with E-state index in [0.717, 1.165) is 5.56 Å². The van der Waals surface area contributed by atoms with E-state index in [1.807, 2.05) is 13.0 Å². The molecule has 0 saturated carbocycles. The molecule has 0 unspecified atom stereocenters. The Morgan fingerprint density at radius 3 is 2.71 bits per heavy atom. The second-order valence-corrected chi connectivity index (χ2v) is 5.73. The quantitative estimate of drug-likeness (QED) is 0.665. The smallest absolute Gasteiger partial charge is 0.291 e. The van der Waals surface area contributed by atoms with Crippen LogP contribution in [0.2, 0.25) is 5.02 Å². The molecule has 0 bridgehead atoms. The molecule has 1 amide bonds. The van der Waals surface area contributed by atoms with E-state index in [-0.39, 0.29) is 10.8 Å². The highest BCUT2D eigenvalue weighted by Gasteiger charge is 2.14. The van der Waals surface area contributed by atoms with E-state index in [0.29, 0.717) is 22.7 Å². The molecule has 6 heteroatoms. The number of nitrogens with one attached hydrogen (secondary N) is 1. The number of nitrogen functional groups attached to an aromatic ring is 1. The monoisotopic (exact) mass is 344 g/mol. The number of benzene rings is 2. The molecule has 3 rings (SSSR count). The molecular formula is C18H14ClFN2O2. The average molecular weight is 345 g/mol. The lowest BCUT2D eigenvalue weighted by atomic mass is 10.2. The average Bonchev–Trinajstić information content (AvgIpc) is 3.03. The topological polar surface area (TPSA) is 68.3 Å². The molecule has 0 aliphatic rings. The Morgan fingerprint density at radius 2 is 1.96 bits per heavy atom. The van der Waals surface area contributed by atoms with Gasteiger partial charge in [0.05, 0.1) is 5.02 Å². The summed E-state index contributed by atoms with van der Waals surface area (Å²) in [5.74, 6) is -0.358. The fourth-order valence-electron chi connectivity index (χ4n) is 2.22. The fourth-order valence-corrected chi connectivity index (χ4v) is 2.40. The molecule has 0 atom stereocenters. The Labute approximate surface area is 143 Å². The van der Waals surface area contributed by atoms with Gasteiger partial charge >= 0.3 is 0 Å². The molecule has 0 aliphatic carbocycles. The maximum absolute atomic E-state index is 13.2. The summed E-state index contributed by atoms with van der Waals surface area (Å²) in [5.41, 5.74) is 8.36. The molecule has 3 aromatic rings. The van der Waals surface area contributed by atoms with Crippen LogP contribution in [0.15, 0.2) is 52.9 Å². The molecular weight excluding hydrogens is 331 g/mol. The van der Waals surface area contributed by atoms with Crippen LogP contribution in [-0.4, -0.2) is 5.91 Å². The lowest BCUT2D eigenvalue weighted by molar-refractivity contribution is 0.0997. The molecule has 1 heterocycles. The zero-order chi connectivity index (χ0) is 17.3. The van der Waals surface area contributed by atoms with E-state index in [2.05, 4.69) is 5.32 Å². The predicted octanol–water partition coefficient (Wildman–Crippen LogP) is 4.88. The van der Waals surface area contributed by atoms with Crippen LogP contribution < -0.4 is 11.1 Å². The minimum absolute atomic E-state index is 0.00899. The molecule has 24 heavy (non-hydrogen) atoms. The van der Waals surface area contributed by atoms with Crippen LogP contribution in [-0.2, 0) is 0 Å². The first-order valence-electron chi connectivity index (χ1n) is 7.17. The van der Waals surface area contributed by atoms with Crippen LogP contribution in [0.25, 0.3) is 11.3 Å². The normalized spacial score (nSPS) is 10.6. The van der Waals surface area contributed by atoms with Crippen molar-refractivity contribution in [2.24, 2.45) is 0 Å². The summed E-state index contributed by atoms with van der Waals surface area (Å²) in [5, 5.41) is 2.74. The first-order valence-corrected chi connectivity index (χ1v) is 7.54. The molecule has 2 aromatic carbocycles. The highest BCUT2D eigenvalue weighted by Crippen LogP contribution is 2.27. The predicted molar refractivity (Wildman–Crippen MR) is 92.7 cm³/mol. The first kappa shape index (κ1) is 16.1. The van der Waals surface area contributed by atoms with E-state index in [1.54, 1.807) is 24.3 Å². The van der Waals surface area contributed by atoms with Crippen molar-refractivity contribution in [2.75, 3.05) is 11.1 Å². The van der Waals surface area contributed by atoms with Crippen LogP contribution in [0.3, 0.4) is 0 Å². The van der Waals surface area contributed by atoms with Crippen LogP contribution >= 0.6 is 11.6 Å². The summed E-state index contributed by atoms with van der Waals surface area (Å²) in [6, 6.07) is 12.7. The number of amides is 1. The van der Waals surface area contributed by atoms with Gasteiger partial charge < -0.3 is 15.5 Å². The number of anilines is 2. The van der Waals surface area contributed by atoms with E-state index in [1.165, 1.54) is 18.2 Å². The van der Waals surface area contributed by atoms with Gasteiger partial charge in [-0.1, -0.05) is 17.7 Å². The van der Waals surface area contributed by atoms with E-state index in [9.17, 15) is 9.18 Å². The van der Waals surface area contributed by atoms with Crippen LogP contribution in [0.1, 0.15) is 16.1 Å². The molecule has 0 saturated heterocycles. The minimum Gasteiger partial charge on any atom is -0.451 e. The maximum atomic E-state index is 13.2. The van der Waals surface area contributed by atoms with Crippen molar-refractivity contribution < 1.29 is 13.6 Å². The van der Waals surface area contributed by atoms with Gasteiger partial charge in [0, 0.05) is 16.9 Å². The summed E-state index contributed by atoms with van der Waals surface area (Å²) in [7, 11) is 0. The Bertz CT molecular complexity index is 921. The first-order chi connectivity index (χ1) is 11.4. The molecule has 4 nitrogen and oxygen atoms in total. The number of rotatable bonds is 3. The highest BCUT2D eigenvalue weighted by molar-refractivity contribution is 6.31. The Kier molecular flexibility index (Phi) is 4.27. The molecule has 3 N–H and O–H groups in total. The number of aryl methyl sites for hydroxylation is 1. The number of furan rings is 1. The second-order valence-electron chi connectivity index (χ2n) is 5.32. The standard InChI is InChI=1S/C18H14ClFN2O2/c1-10-2-4-12(21)9-15(10)22-18(23)17-7-6-16(24-17)11-3-5-14(20)13(19)8-11/h2-9H,21H2,1H3,(H,22,23). The summed E-state index contributed by atoms with van der Waals surface area (Å²) < 4.78 is 18.8. The van der Waals surface area contributed by atoms with Gasteiger partial charge in [0.1, 0.15) is 11.6 Å². The second kappa shape index (κ2) is 6.37. The van der Waals surface area contributed by atoms with E-state index >= 15 is 0 Å². The third-order valence-corrected chi connectivity index (χ3v) is 3.83. The Hall–Kier alpha value is -2.79. The molecule has 122 valence electrons. The summed E-state index contributed by atoms with van der Waals surface area (Å²) in [4.78, 5) is 12.3. The van der Waals surface area contributed by atoms with Crippen molar-refractivity contribution in [3.05, 3.63) is 70.7 Å². The largest absolute Gasteiger partial charge is 0.451 e. The van der Waals surface area contributed by atoms with Gasteiger partial charge in [-0.15, -0.1) is 0 Å². The van der Waals surface area contributed by atoms with Crippen molar-refractivity contribution >= 4 is 28.9 Å². The summed E-state index contributed by atoms with van der Waals surface area (Å²) >= 11 is 5.76. The molecule has 0 spiro atoms. The lowest BCUT2D eigenvalue weighted by Gasteiger charge is -2.07. The van der Waals surface area contributed by atoms with Crippen LogP contribution in [0.4, 0.5) is 15.8 Å². The van der Waals surface area contributed by atoms with Gasteiger partial charge in [0.25, 0.3) is 5.91 Å². The number of carbonyl (C=O) groups is 1. The van der Waals surface area contributed by atoms with Gasteiger partial charge in [-0.05, 0) is 55.0 Å². The van der Waals surface area contributed by atoms with Gasteiger partial charge in [-0.2, -0.15) is 0 Å². The van der Waals surface area contributed by atoms with Gasteiger partial charge in [-0.3, -0.25) is 4.79 Å². The van der Waals surface area contributed by atoms with Crippen molar-refractivity contribution in [3.8, 4) is 11.3 Å². The third kappa shape index (κ3) is 3.26. The summed E-state index contributed by atoms with van der Waals surface area (Å²) in [6.07, 6.45) is 0. The van der Waals surface area contributed by atoms with Crippen molar-refractivity contribution in [1.82, 2.24) is 0 Å². The SMILES string of the molecule is Cc1ccc(N)cc1NC(=O)c1ccc(-c2ccc(F)c(Cl)c2)o1. The number of halogens is 2.